The molecule has 5 amide bonds. The van der Waals surface area contributed by atoms with Gasteiger partial charge in [0.2, 0.25) is 11.8 Å². The van der Waals surface area contributed by atoms with Crippen LogP contribution in [-0.4, -0.2) is 47.8 Å². The van der Waals surface area contributed by atoms with Gasteiger partial charge in [0.05, 0.1) is 11.6 Å². The molecular formula is C13H18N4O4. The summed E-state index contributed by atoms with van der Waals surface area (Å²) in [6.45, 7) is 3.72. The van der Waals surface area contributed by atoms with Gasteiger partial charge in [0.25, 0.3) is 5.91 Å². The second-order valence-corrected chi connectivity index (χ2v) is 5.05. The van der Waals surface area contributed by atoms with Crippen LogP contribution in [0.4, 0.5) is 4.79 Å². The van der Waals surface area contributed by atoms with Crippen molar-refractivity contribution in [1.29, 1.82) is 0 Å². The molecule has 0 aromatic heterocycles. The Bertz CT molecular complexity index is 524. The summed E-state index contributed by atoms with van der Waals surface area (Å²) in [5, 5.41) is 7.80. The van der Waals surface area contributed by atoms with Gasteiger partial charge in [-0.3, -0.25) is 19.3 Å². The van der Waals surface area contributed by atoms with Crippen LogP contribution in [0.15, 0.2) is 11.3 Å². The average Bonchev–Trinajstić information content (AvgIpc) is 2.69. The fourth-order valence-electron chi connectivity index (χ4n) is 2.48. The van der Waals surface area contributed by atoms with Crippen molar-refractivity contribution in [2.75, 3.05) is 13.1 Å². The molecule has 0 aromatic rings. The molecule has 2 heterocycles. The SMILES string of the molecule is CC1=C(C(=O)NCCN2C(=O)CCC2=O)[C@H](C)NC(=O)N1. The van der Waals surface area contributed by atoms with Crippen LogP contribution in [-0.2, 0) is 14.4 Å². The van der Waals surface area contributed by atoms with Gasteiger partial charge in [0.1, 0.15) is 0 Å². The number of likely N-dealkylation sites (tertiary alicyclic amines) is 1. The Morgan fingerprint density at radius 2 is 1.90 bits per heavy atom. The third-order valence-electron chi connectivity index (χ3n) is 3.51. The number of allylic oxidation sites excluding steroid dienone is 1. The molecule has 2 aliphatic rings. The molecule has 21 heavy (non-hydrogen) atoms. The normalized spacial score (nSPS) is 22.3. The first kappa shape index (κ1) is 15.0. The lowest BCUT2D eigenvalue weighted by atomic mass is 10.0. The lowest BCUT2D eigenvalue weighted by Gasteiger charge is -2.25. The Labute approximate surface area is 121 Å². The highest BCUT2D eigenvalue weighted by molar-refractivity contribution is 6.02. The molecule has 114 valence electrons. The van der Waals surface area contributed by atoms with Gasteiger partial charge in [0, 0.05) is 31.6 Å². The maximum absolute atomic E-state index is 12.1. The molecule has 0 unspecified atom stereocenters. The highest BCUT2D eigenvalue weighted by Crippen LogP contribution is 2.12. The zero-order valence-electron chi connectivity index (χ0n) is 12.0. The molecule has 1 saturated heterocycles. The predicted molar refractivity (Wildman–Crippen MR) is 72.8 cm³/mol. The van der Waals surface area contributed by atoms with E-state index in [1.54, 1.807) is 13.8 Å². The summed E-state index contributed by atoms with van der Waals surface area (Å²) >= 11 is 0. The average molecular weight is 294 g/mol. The van der Waals surface area contributed by atoms with E-state index in [0.29, 0.717) is 11.3 Å². The Morgan fingerprint density at radius 3 is 2.48 bits per heavy atom. The van der Waals surface area contributed by atoms with Gasteiger partial charge in [-0.1, -0.05) is 0 Å². The lowest BCUT2D eigenvalue weighted by molar-refractivity contribution is -0.138. The van der Waals surface area contributed by atoms with E-state index in [0.717, 1.165) is 4.90 Å². The lowest BCUT2D eigenvalue weighted by Crippen LogP contribution is -2.50. The summed E-state index contributed by atoms with van der Waals surface area (Å²) in [6.07, 6.45) is 0.480. The van der Waals surface area contributed by atoms with Gasteiger partial charge in [0.15, 0.2) is 0 Å². The fraction of sp³-hybridized carbons (Fsp3) is 0.538. The summed E-state index contributed by atoms with van der Waals surface area (Å²) in [7, 11) is 0. The third kappa shape index (κ3) is 3.21. The molecule has 8 nitrogen and oxygen atoms in total. The second-order valence-electron chi connectivity index (χ2n) is 5.05. The molecule has 2 aliphatic heterocycles. The molecule has 8 heteroatoms. The number of nitrogens with zero attached hydrogens (tertiary/aromatic N) is 1. The van der Waals surface area contributed by atoms with Gasteiger partial charge in [-0.15, -0.1) is 0 Å². The van der Waals surface area contributed by atoms with E-state index in [1.165, 1.54) is 0 Å². The maximum Gasteiger partial charge on any atom is 0.319 e. The first-order chi connectivity index (χ1) is 9.90. The minimum atomic E-state index is -0.395. The van der Waals surface area contributed by atoms with Gasteiger partial charge < -0.3 is 16.0 Å². The molecule has 0 aromatic carbocycles. The number of nitrogens with one attached hydrogen (secondary N) is 3. The number of amides is 5. The Kier molecular flexibility index (Phi) is 4.25. The van der Waals surface area contributed by atoms with E-state index in [1.807, 2.05) is 0 Å². The highest BCUT2D eigenvalue weighted by Gasteiger charge is 2.29. The van der Waals surface area contributed by atoms with Crippen molar-refractivity contribution >= 4 is 23.8 Å². The minimum Gasteiger partial charge on any atom is -0.350 e. The van der Waals surface area contributed by atoms with Crippen molar-refractivity contribution in [2.24, 2.45) is 0 Å². The van der Waals surface area contributed by atoms with Crippen LogP contribution in [0.25, 0.3) is 0 Å². The summed E-state index contributed by atoms with van der Waals surface area (Å²) in [6, 6.07) is -0.737. The van der Waals surface area contributed by atoms with Crippen molar-refractivity contribution in [2.45, 2.75) is 32.7 Å². The molecular weight excluding hydrogens is 276 g/mol. The van der Waals surface area contributed by atoms with E-state index in [9.17, 15) is 19.2 Å². The standard InChI is InChI=1S/C13H18N4O4/c1-7-11(8(2)16-13(21)15-7)12(20)14-5-6-17-9(18)3-4-10(17)19/h7H,3-6H2,1-2H3,(H,14,20)(H2,15,16,21)/t7-/m0/s1. The Balaban J connectivity index is 1.90. The van der Waals surface area contributed by atoms with Gasteiger partial charge in [-0.2, -0.15) is 0 Å². The van der Waals surface area contributed by atoms with E-state index >= 15 is 0 Å². The van der Waals surface area contributed by atoms with Crippen LogP contribution < -0.4 is 16.0 Å². The third-order valence-corrected chi connectivity index (χ3v) is 3.51. The number of carbonyl (C=O) groups is 4. The molecule has 3 N–H and O–H groups in total. The van der Waals surface area contributed by atoms with Crippen molar-refractivity contribution in [3.63, 3.8) is 0 Å². The smallest absolute Gasteiger partial charge is 0.319 e. The topological polar surface area (TPSA) is 108 Å². The first-order valence-electron chi connectivity index (χ1n) is 6.80. The van der Waals surface area contributed by atoms with E-state index in [2.05, 4.69) is 16.0 Å². The summed E-state index contributed by atoms with van der Waals surface area (Å²) in [5.41, 5.74) is 0.936. The van der Waals surface area contributed by atoms with Crippen LogP contribution in [0.1, 0.15) is 26.7 Å². The van der Waals surface area contributed by atoms with Gasteiger partial charge in [-0.05, 0) is 13.8 Å². The maximum atomic E-state index is 12.1. The van der Waals surface area contributed by atoms with E-state index < -0.39 is 6.04 Å². The second kappa shape index (κ2) is 5.94. The minimum absolute atomic E-state index is 0.171. The number of rotatable bonds is 4. The van der Waals surface area contributed by atoms with E-state index in [4.69, 9.17) is 0 Å². The van der Waals surface area contributed by atoms with Crippen molar-refractivity contribution in [1.82, 2.24) is 20.9 Å². The number of hydrogen-bond donors (Lipinski definition) is 3. The van der Waals surface area contributed by atoms with Crippen molar-refractivity contribution < 1.29 is 19.2 Å². The molecule has 0 aliphatic carbocycles. The molecule has 0 radical (unpaired) electrons. The van der Waals surface area contributed by atoms with Crippen LogP contribution in [0.5, 0.6) is 0 Å². The van der Waals surface area contributed by atoms with Crippen molar-refractivity contribution in [3.8, 4) is 0 Å². The summed E-state index contributed by atoms with van der Waals surface area (Å²) in [4.78, 5) is 47.4. The molecule has 0 bridgehead atoms. The Hall–Kier alpha value is -2.38. The first-order valence-corrected chi connectivity index (χ1v) is 6.80. The van der Waals surface area contributed by atoms with Gasteiger partial charge >= 0.3 is 6.03 Å². The summed E-state index contributed by atoms with van der Waals surface area (Å²) < 4.78 is 0. The molecule has 2 rings (SSSR count). The number of urea groups is 1. The highest BCUT2D eigenvalue weighted by atomic mass is 16.2. The molecule has 0 saturated carbocycles. The number of hydrogen-bond acceptors (Lipinski definition) is 4. The number of imide groups is 1. The Morgan fingerprint density at radius 1 is 1.29 bits per heavy atom. The van der Waals surface area contributed by atoms with Gasteiger partial charge in [-0.25, -0.2) is 4.79 Å². The zero-order valence-corrected chi connectivity index (χ0v) is 12.0. The van der Waals surface area contributed by atoms with E-state index in [-0.39, 0.29) is 49.7 Å². The monoisotopic (exact) mass is 294 g/mol. The number of carbonyl (C=O) groups excluding carboxylic acids is 4. The van der Waals surface area contributed by atoms with Crippen molar-refractivity contribution in [3.05, 3.63) is 11.3 Å². The molecule has 0 spiro atoms. The zero-order chi connectivity index (χ0) is 15.6. The van der Waals surface area contributed by atoms with Crippen LogP contribution in [0, 0.1) is 0 Å². The summed E-state index contributed by atoms with van der Waals surface area (Å²) in [5.74, 6) is -0.735. The largest absolute Gasteiger partial charge is 0.350 e. The van der Waals surface area contributed by atoms with Crippen LogP contribution >= 0.6 is 0 Å². The van der Waals surface area contributed by atoms with Crippen LogP contribution in [0.2, 0.25) is 0 Å². The fourth-order valence-corrected chi connectivity index (χ4v) is 2.48. The predicted octanol–water partition coefficient (Wildman–Crippen LogP) is -0.773. The molecule has 1 fully saturated rings. The molecule has 1 atom stereocenters. The quantitative estimate of drug-likeness (QED) is 0.591. The van der Waals surface area contributed by atoms with Crippen LogP contribution in [0.3, 0.4) is 0 Å².